The lowest BCUT2D eigenvalue weighted by Crippen LogP contribution is -3.15. The number of anilines is 1. The summed E-state index contributed by atoms with van der Waals surface area (Å²) in [4.78, 5) is 15.9. The fourth-order valence-electron chi connectivity index (χ4n) is 3.24. The largest absolute Gasteiger partial charge is 0.378 e. The van der Waals surface area contributed by atoms with E-state index in [2.05, 4.69) is 55.3 Å². The second kappa shape index (κ2) is 8.68. The Hall–Kier alpha value is -1.59. The summed E-state index contributed by atoms with van der Waals surface area (Å²) in [6, 6.07) is 8.96. The van der Waals surface area contributed by atoms with Crippen molar-refractivity contribution in [3.63, 3.8) is 0 Å². The van der Waals surface area contributed by atoms with Crippen LogP contribution in [0.3, 0.4) is 0 Å². The van der Waals surface area contributed by atoms with E-state index in [-0.39, 0.29) is 17.4 Å². The van der Waals surface area contributed by atoms with Crippen LogP contribution in [0.15, 0.2) is 24.3 Å². The first-order chi connectivity index (χ1) is 11.8. The lowest BCUT2D eigenvalue weighted by molar-refractivity contribution is -0.937. The molecule has 140 valence electrons. The minimum Gasteiger partial charge on any atom is -0.378 e. The third-order valence-electron chi connectivity index (χ3n) is 4.63. The number of benzene rings is 1. The first kappa shape index (κ1) is 19.7. The van der Waals surface area contributed by atoms with Crippen molar-refractivity contribution in [3.8, 4) is 0 Å². The van der Waals surface area contributed by atoms with Crippen LogP contribution in [0.4, 0.5) is 5.69 Å². The van der Waals surface area contributed by atoms with Crippen molar-refractivity contribution in [2.45, 2.75) is 33.2 Å². The second-order valence-corrected chi connectivity index (χ2v) is 8.35. The summed E-state index contributed by atoms with van der Waals surface area (Å²) in [5.74, 6) is 0.134. The van der Waals surface area contributed by atoms with Gasteiger partial charge in [0.05, 0.1) is 19.8 Å². The summed E-state index contributed by atoms with van der Waals surface area (Å²) < 4.78 is 5.51. The van der Waals surface area contributed by atoms with Crippen LogP contribution < -0.4 is 15.1 Å². The van der Waals surface area contributed by atoms with E-state index in [4.69, 9.17) is 4.74 Å². The maximum atomic E-state index is 12.3. The molecule has 1 atom stereocenters. The van der Waals surface area contributed by atoms with Gasteiger partial charge in [-0.3, -0.25) is 4.79 Å². The van der Waals surface area contributed by atoms with E-state index in [9.17, 15) is 4.79 Å². The van der Waals surface area contributed by atoms with Crippen molar-refractivity contribution >= 4 is 11.6 Å². The number of rotatable bonds is 6. The molecule has 0 saturated carbocycles. The van der Waals surface area contributed by atoms with Crippen LogP contribution in [0.5, 0.6) is 0 Å². The molecule has 5 heteroatoms. The van der Waals surface area contributed by atoms with E-state index in [1.807, 2.05) is 14.1 Å². The van der Waals surface area contributed by atoms with Crippen molar-refractivity contribution in [2.24, 2.45) is 5.41 Å². The molecule has 0 aromatic heterocycles. The number of nitrogens with one attached hydrogen (secondary N) is 2. The molecule has 2 rings (SSSR count). The molecule has 1 aromatic rings. The van der Waals surface area contributed by atoms with Gasteiger partial charge in [0.15, 0.2) is 0 Å². The van der Waals surface area contributed by atoms with Crippen molar-refractivity contribution in [1.29, 1.82) is 0 Å². The number of carbonyl (C=O) groups excluding carboxylic acids is 1. The number of ether oxygens (including phenoxy) is 1. The van der Waals surface area contributed by atoms with Gasteiger partial charge in [-0.25, -0.2) is 0 Å². The highest BCUT2D eigenvalue weighted by atomic mass is 16.5. The van der Waals surface area contributed by atoms with Crippen LogP contribution >= 0.6 is 0 Å². The summed E-state index contributed by atoms with van der Waals surface area (Å²) in [5.41, 5.74) is 2.48. The average Bonchev–Trinajstić information content (AvgIpc) is 2.55. The molecule has 0 radical (unpaired) electrons. The Bertz CT molecular complexity index is 543. The normalized spacial score (nSPS) is 17.2. The third kappa shape index (κ3) is 6.33. The fraction of sp³-hybridized carbons (Fsp3) is 0.650. The zero-order chi connectivity index (χ0) is 18.4. The van der Waals surface area contributed by atoms with E-state index >= 15 is 0 Å². The lowest BCUT2D eigenvalue weighted by atomic mass is 9.92. The molecule has 0 unspecified atom stereocenters. The molecule has 5 nitrogen and oxygen atoms in total. The zero-order valence-electron chi connectivity index (χ0n) is 16.4. The zero-order valence-corrected chi connectivity index (χ0v) is 16.4. The summed E-state index contributed by atoms with van der Waals surface area (Å²) in [6.45, 7) is 10.5. The summed E-state index contributed by atoms with van der Waals surface area (Å²) >= 11 is 0. The summed E-state index contributed by atoms with van der Waals surface area (Å²) in [7, 11) is 4.10. The lowest BCUT2D eigenvalue weighted by Gasteiger charge is -2.32. The minimum atomic E-state index is 0.0127. The topological polar surface area (TPSA) is 46.0 Å². The van der Waals surface area contributed by atoms with Gasteiger partial charge in [-0.2, -0.15) is 0 Å². The van der Waals surface area contributed by atoms with Crippen molar-refractivity contribution in [1.82, 2.24) is 5.32 Å². The highest BCUT2D eigenvalue weighted by molar-refractivity contribution is 5.76. The van der Waals surface area contributed by atoms with Crippen LogP contribution in [0.25, 0.3) is 0 Å². The quantitative estimate of drug-likeness (QED) is 0.814. The number of morpholine rings is 1. The maximum absolute atomic E-state index is 12.3. The van der Waals surface area contributed by atoms with E-state index in [0.29, 0.717) is 13.0 Å². The van der Waals surface area contributed by atoms with Crippen LogP contribution in [0, 0.1) is 5.41 Å². The smallest absolute Gasteiger partial charge is 0.220 e. The van der Waals surface area contributed by atoms with Crippen molar-refractivity contribution < 1.29 is 14.4 Å². The van der Waals surface area contributed by atoms with Crippen LogP contribution in [-0.4, -0.2) is 52.9 Å². The molecule has 1 fully saturated rings. The number of carbonyl (C=O) groups is 1. The average molecular weight is 349 g/mol. The highest BCUT2D eigenvalue weighted by Crippen LogP contribution is 2.19. The van der Waals surface area contributed by atoms with Gasteiger partial charge in [0.1, 0.15) is 19.1 Å². The SMILES string of the molecule is CN(C)c1ccc([C@@H](CNC(=O)CC(C)(C)C)[NH+]2CCOCC2)cc1. The van der Waals surface area contributed by atoms with Gasteiger partial charge in [0, 0.05) is 31.8 Å². The van der Waals surface area contributed by atoms with Crippen molar-refractivity contribution in [2.75, 3.05) is 51.8 Å². The van der Waals surface area contributed by atoms with Gasteiger partial charge >= 0.3 is 0 Å². The monoisotopic (exact) mass is 348 g/mol. The Morgan fingerprint density at radius 2 is 1.80 bits per heavy atom. The maximum Gasteiger partial charge on any atom is 0.220 e. The molecule has 1 saturated heterocycles. The van der Waals surface area contributed by atoms with E-state index in [1.165, 1.54) is 16.2 Å². The molecule has 1 aliphatic rings. The Labute approximate surface area is 152 Å². The Morgan fingerprint density at radius 3 is 2.32 bits per heavy atom. The molecule has 1 aliphatic heterocycles. The summed E-state index contributed by atoms with van der Waals surface area (Å²) in [6.07, 6.45) is 0.553. The minimum absolute atomic E-state index is 0.0127. The predicted octanol–water partition coefficient (Wildman–Crippen LogP) is 1.26. The predicted molar refractivity (Wildman–Crippen MR) is 102 cm³/mol. The number of amides is 1. The van der Waals surface area contributed by atoms with E-state index in [0.717, 1.165) is 26.3 Å². The van der Waals surface area contributed by atoms with Crippen molar-refractivity contribution in [3.05, 3.63) is 29.8 Å². The third-order valence-corrected chi connectivity index (χ3v) is 4.63. The Balaban J connectivity index is 2.08. The molecule has 25 heavy (non-hydrogen) atoms. The molecular formula is C20H34N3O2+. The molecule has 1 heterocycles. The van der Waals surface area contributed by atoms with Crippen LogP contribution in [0.2, 0.25) is 0 Å². The van der Waals surface area contributed by atoms with Crippen LogP contribution in [-0.2, 0) is 9.53 Å². The highest BCUT2D eigenvalue weighted by Gasteiger charge is 2.27. The van der Waals surface area contributed by atoms with E-state index in [1.54, 1.807) is 0 Å². The first-order valence-corrected chi connectivity index (χ1v) is 9.22. The molecule has 2 N–H and O–H groups in total. The molecule has 0 spiro atoms. The molecule has 1 amide bonds. The number of quaternary nitrogens is 1. The molecule has 0 aliphatic carbocycles. The Morgan fingerprint density at radius 1 is 1.20 bits per heavy atom. The van der Waals surface area contributed by atoms with Gasteiger partial charge in [-0.15, -0.1) is 0 Å². The molecule has 1 aromatic carbocycles. The van der Waals surface area contributed by atoms with Gasteiger partial charge in [0.25, 0.3) is 0 Å². The fourth-order valence-corrected chi connectivity index (χ4v) is 3.24. The van der Waals surface area contributed by atoms with E-state index < -0.39 is 0 Å². The standard InChI is InChI=1S/C20H33N3O2/c1-20(2,3)14-19(24)21-15-18(23-10-12-25-13-11-23)16-6-8-17(9-7-16)22(4)5/h6-9,18H,10-15H2,1-5H3,(H,21,24)/p+1/t18-/m1/s1. The first-order valence-electron chi connectivity index (χ1n) is 9.22. The van der Waals surface area contributed by atoms with Gasteiger partial charge in [-0.05, 0) is 17.5 Å². The second-order valence-electron chi connectivity index (χ2n) is 8.35. The number of hydrogen-bond donors (Lipinski definition) is 2. The number of hydrogen-bond acceptors (Lipinski definition) is 3. The van der Waals surface area contributed by atoms with Gasteiger partial charge < -0.3 is 19.9 Å². The van der Waals surface area contributed by atoms with Gasteiger partial charge in [0.2, 0.25) is 5.91 Å². The molecule has 0 bridgehead atoms. The van der Waals surface area contributed by atoms with Gasteiger partial charge in [-0.1, -0.05) is 32.9 Å². The molecular weight excluding hydrogens is 314 g/mol. The van der Waals surface area contributed by atoms with Crippen LogP contribution in [0.1, 0.15) is 38.8 Å². The summed E-state index contributed by atoms with van der Waals surface area (Å²) in [5, 5.41) is 3.16. The number of nitrogens with zero attached hydrogens (tertiary/aromatic N) is 1. The Kier molecular flexibility index (Phi) is 6.85.